The molecule has 14 heteroatoms. The van der Waals surface area contributed by atoms with Gasteiger partial charge in [-0.2, -0.15) is 5.10 Å². The van der Waals surface area contributed by atoms with Gasteiger partial charge in [0, 0.05) is 31.7 Å². The molecule has 3 fully saturated rings. The molecule has 1 aromatic carbocycles. The van der Waals surface area contributed by atoms with Gasteiger partial charge in [-0.25, -0.2) is 21.8 Å². The zero-order valence-corrected chi connectivity index (χ0v) is 22.4. The monoisotopic (exact) mass is 565 g/mol. The number of sulfone groups is 2. The van der Waals surface area contributed by atoms with Crippen LogP contribution in [0.15, 0.2) is 40.5 Å². The van der Waals surface area contributed by atoms with Gasteiger partial charge in [0.25, 0.3) is 11.8 Å². The van der Waals surface area contributed by atoms with Crippen molar-refractivity contribution in [2.24, 2.45) is 5.10 Å². The highest BCUT2D eigenvalue weighted by molar-refractivity contribution is 7.92. The number of rotatable bonds is 7. The summed E-state index contributed by atoms with van der Waals surface area (Å²) in [6, 6.07) is 6.19. The molecule has 0 spiro atoms. The minimum Gasteiger partial charge on any atom is -0.336 e. The normalized spacial score (nSPS) is 20.2. The number of thiazole rings is 1. The zero-order valence-electron chi connectivity index (χ0n) is 20.0. The summed E-state index contributed by atoms with van der Waals surface area (Å²) in [7, 11) is -6.46. The van der Waals surface area contributed by atoms with Crippen molar-refractivity contribution < 1.29 is 26.4 Å². The van der Waals surface area contributed by atoms with Crippen molar-refractivity contribution in [3.8, 4) is 0 Å². The second-order valence-corrected chi connectivity index (χ2v) is 14.9. The van der Waals surface area contributed by atoms with Crippen molar-refractivity contribution in [3.63, 3.8) is 0 Å². The van der Waals surface area contributed by atoms with E-state index in [0.29, 0.717) is 36.4 Å². The van der Waals surface area contributed by atoms with Crippen molar-refractivity contribution in [1.29, 1.82) is 0 Å². The number of amides is 2. The molecule has 0 unspecified atom stereocenters. The molecule has 2 aromatic rings. The minimum absolute atomic E-state index is 0.0712. The van der Waals surface area contributed by atoms with E-state index in [1.54, 1.807) is 12.1 Å². The predicted molar refractivity (Wildman–Crippen MR) is 139 cm³/mol. The lowest BCUT2D eigenvalue weighted by Gasteiger charge is -2.25. The van der Waals surface area contributed by atoms with Gasteiger partial charge in [-0.05, 0) is 37.8 Å². The Bertz CT molecular complexity index is 1430. The third kappa shape index (κ3) is 5.85. The van der Waals surface area contributed by atoms with Crippen LogP contribution in [-0.4, -0.2) is 92.2 Å². The number of hydrogen-bond acceptors (Lipinski definition) is 10. The number of hydrazone groups is 1. The molecule has 37 heavy (non-hydrogen) atoms. The van der Waals surface area contributed by atoms with Crippen LogP contribution in [0.3, 0.4) is 0 Å². The summed E-state index contributed by atoms with van der Waals surface area (Å²) < 4.78 is 48.4. The van der Waals surface area contributed by atoms with Crippen molar-refractivity contribution in [3.05, 3.63) is 40.9 Å². The van der Waals surface area contributed by atoms with E-state index in [4.69, 9.17) is 0 Å². The molecule has 1 aliphatic carbocycles. The third-order valence-corrected chi connectivity index (χ3v) is 11.3. The molecule has 0 bridgehead atoms. The van der Waals surface area contributed by atoms with Gasteiger partial charge in [0.1, 0.15) is 4.88 Å². The molecule has 5 rings (SSSR count). The number of benzene rings is 1. The van der Waals surface area contributed by atoms with Crippen LogP contribution in [0.1, 0.15) is 40.9 Å². The van der Waals surface area contributed by atoms with E-state index in [-0.39, 0.29) is 51.5 Å². The average Bonchev–Trinajstić information content (AvgIpc) is 3.43. The topological polar surface area (TPSA) is 146 Å². The molecule has 1 saturated carbocycles. The minimum atomic E-state index is -3.35. The standard InChI is InChI=1S/C23H27N5O6S3/c29-21(25-23-24-15-19(35-23)22(30)27-11-13-36(31,32)14-12-27)20(26-28-9-1-2-10-28)16-3-5-17(6-4-16)37(33,34)18-7-8-18/h3-6,15,18H,1-2,7-14H2,(H,24,25,29)/b26-20+. The molecule has 0 atom stereocenters. The first-order chi connectivity index (χ1) is 17.6. The molecular weight excluding hydrogens is 538 g/mol. The van der Waals surface area contributed by atoms with E-state index in [2.05, 4.69) is 15.4 Å². The lowest BCUT2D eigenvalue weighted by molar-refractivity contribution is -0.110. The number of carbonyl (C=O) groups excluding carboxylic acids is 2. The SMILES string of the molecule is O=C(Nc1ncc(C(=O)N2CCS(=O)(=O)CC2)s1)/C(=N/N1CCCC1)c1ccc(S(=O)(=O)C2CC2)cc1. The van der Waals surface area contributed by atoms with Gasteiger partial charge in [0.15, 0.2) is 30.5 Å². The number of aromatic nitrogens is 1. The van der Waals surface area contributed by atoms with Crippen LogP contribution in [0, 0.1) is 0 Å². The van der Waals surface area contributed by atoms with Crippen LogP contribution >= 0.6 is 11.3 Å². The van der Waals surface area contributed by atoms with Crippen LogP contribution in [0.5, 0.6) is 0 Å². The number of nitrogens with one attached hydrogen (secondary N) is 1. The van der Waals surface area contributed by atoms with Crippen LogP contribution in [0.2, 0.25) is 0 Å². The Morgan fingerprint density at radius 3 is 2.30 bits per heavy atom. The van der Waals surface area contributed by atoms with Crippen LogP contribution in [-0.2, 0) is 24.5 Å². The van der Waals surface area contributed by atoms with Gasteiger partial charge in [-0.15, -0.1) is 0 Å². The first kappa shape index (κ1) is 25.8. The fraction of sp³-hybridized carbons (Fsp3) is 0.478. The lowest BCUT2D eigenvalue weighted by atomic mass is 10.1. The maximum atomic E-state index is 13.3. The Balaban J connectivity index is 1.33. The fourth-order valence-electron chi connectivity index (χ4n) is 4.21. The smallest absolute Gasteiger partial charge is 0.278 e. The number of anilines is 1. The molecule has 2 aliphatic heterocycles. The molecule has 3 aliphatic rings. The summed E-state index contributed by atoms with van der Waals surface area (Å²) in [6.45, 7) is 1.68. The van der Waals surface area contributed by atoms with Crippen molar-refractivity contribution in [2.75, 3.05) is 43.0 Å². The lowest BCUT2D eigenvalue weighted by Crippen LogP contribution is -2.43. The molecule has 11 nitrogen and oxygen atoms in total. The highest BCUT2D eigenvalue weighted by Crippen LogP contribution is 2.33. The van der Waals surface area contributed by atoms with E-state index in [9.17, 15) is 26.4 Å². The summed E-state index contributed by atoms with van der Waals surface area (Å²) in [5.41, 5.74) is 0.600. The summed E-state index contributed by atoms with van der Waals surface area (Å²) in [5.74, 6) is -0.996. The van der Waals surface area contributed by atoms with E-state index in [0.717, 1.165) is 24.2 Å². The molecule has 0 radical (unpaired) electrons. The van der Waals surface area contributed by atoms with E-state index in [1.807, 2.05) is 5.01 Å². The Kier molecular flexibility index (Phi) is 7.07. The molecule has 198 valence electrons. The van der Waals surface area contributed by atoms with Gasteiger partial charge in [0.05, 0.1) is 27.8 Å². The molecule has 1 aromatic heterocycles. The summed E-state index contributed by atoms with van der Waals surface area (Å²) in [4.78, 5) is 32.2. The molecule has 3 heterocycles. The van der Waals surface area contributed by atoms with Crippen LogP contribution < -0.4 is 5.32 Å². The number of carbonyl (C=O) groups is 2. The Hall–Kier alpha value is -2.84. The average molecular weight is 566 g/mol. The Labute approximate surface area is 219 Å². The number of hydrogen-bond donors (Lipinski definition) is 1. The van der Waals surface area contributed by atoms with E-state index >= 15 is 0 Å². The fourth-order valence-corrected chi connectivity index (χ4v) is 7.85. The largest absolute Gasteiger partial charge is 0.336 e. The van der Waals surface area contributed by atoms with Gasteiger partial charge in [-0.1, -0.05) is 23.5 Å². The zero-order chi connectivity index (χ0) is 26.2. The first-order valence-corrected chi connectivity index (χ1v) is 16.3. The van der Waals surface area contributed by atoms with Gasteiger partial charge < -0.3 is 4.90 Å². The first-order valence-electron chi connectivity index (χ1n) is 12.1. The quantitative estimate of drug-likeness (QED) is 0.496. The highest BCUT2D eigenvalue weighted by Gasteiger charge is 2.37. The van der Waals surface area contributed by atoms with Gasteiger partial charge in [-0.3, -0.25) is 19.9 Å². The van der Waals surface area contributed by atoms with Gasteiger partial charge >= 0.3 is 0 Å². The highest BCUT2D eigenvalue weighted by atomic mass is 32.2. The van der Waals surface area contributed by atoms with Crippen molar-refractivity contribution >= 4 is 53.7 Å². The molecule has 1 N–H and O–H groups in total. The summed E-state index contributed by atoms with van der Waals surface area (Å²) in [6.07, 6.45) is 4.63. The Morgan fingerprint density at radius 1 is 1.03 bits per heavy atom. The predicted octanol–water partition coefficient (Wildman–Crippen LogP) is 1.39. The van der Waals surface area contributed by atoms with Crippen LogP contribution in [0.4, 0.5) is 5.13 Å². The second kappa shape index (κ2) is 10.1. The van der Waals surface area contributed by atoms with Crippen molar-refractivity contribution in [1.82, 2.24) is 14.9 Å². The second-order valence-electron chi connectivity index (χ2n) is 9.31. The maximum Gasteiger partial charge on any atom is 0.278 e. The van der Waals surface area contributed by atoms with Crippen LogP contribution in [0.25, 0.3) is 0 Å². The number of nitrogens with zero attached hydrogens (tertiary/aromatic N) is 4. The van der Waals surface area contributed by atoms with E-state index < -0.39 is 25.6 Å². The third-order valence-electron chi connectivity index (χ3n) is 6.53. The molecule has 2 amide bonds. The Morgan fingerprint density at radius 2 is 1.68 bits per heavy atom. The summed E-state index contributed by atoms with van der Waals surface area (Å²) in [5, 5.41) is 8.94. The summed E-state index contributed by atoms with van der Waals surface area (Å²) >= 11 is 1.00. The van der Waals surface area contributed by atoms with Gasteiger partial charge in [0.2, 0.25) is 0 Å². The molecule has 2 saturated heterocycles. The van der Waals surface area contributed by atoms with E-state index in [1.165, 1.54) is 23.2 Å². The van der Waals surface area contributed by atoms with Crippen molar-refractivity contribution in [2.45, 2.75) is 35.8 Å². The molecular formula is C23H27N5O6S3. The maximum absolute atomic E-state index is 13.3.